The first-order valence-corrected chi connectivity index (χ1v) is 2.73. The normalized spacial score (nSPS) is 12.5. The Morgan fingerprint density at radius 1 is 1.08 bits per heavy atom. The van der Waals surface area contributed by atoms with E-state index in [4.69, 9.17) is 0 Å². The molecule has 0 aromatic rings. The van der Waals surface area contributed by atoms with Crippen molar-refractivity contribution in [2.24, 2.45) is 0 Å². The zero-order valence-corrected chi connectivity index (χ0v) is 6.34. The Kier molecular flexibility index (Phi) is 5.09. The molecule has 0 unspecified atom stereocenters. The van der Waals surface area contributed by atoms with Crippen LogP contribution < -0.4 is 5.32 Å². The van der Waals surface area contributed by atoms with Gasteiger partial charge in [-0.3, -0.25) is 0 Å². The van der Waals surface area contributed by atoms with Crippen molar-refractivity contribution in [3.63, 3.8) is 0 Å². The van der Waals surface area contributed by atoms with Crippen LogP contribution in [-0.4, -0.2) is 26.9 Å². The van der Waals surface area contributed by atoms with Gasteiger partial charge in [0.1, 0.15) is 0 Å². The molecule has 0 atom stereocenters. The molecule has 0 bridgehead atoms. The smallest absolute Gasteiger partial charge is 0.236 e. The summed E-state index contributed by atoms with van der Waals surface area (Å²) in [5, 5.41) is 0.964. The quantitative estimate of drug-likeness (QED) is 0.297. The first-order chi connectivity index (χ1) is 5.49. The van der Waals surface area contributed by atoms with Crippen LogP contribution in [0.1, 0.15) is 0 Å². The summed E-state index contributed by atoms with van der Waals surface area (Å²) in [5.74, 6) is 0. The van der Waals surface area contributed by atoms with Crippen LogP contribution in [0.4, 0.5) is 13.2 Å². The van der Waals surface area contributed by atoms with Gasteiger partial charge in [-0.1, -0.05) is 0 Å². The lowest BCUT2D eigenvalue weighted by molar-refractivity contribution is -0.468. The molecule has 12 heavy (non-hydrogen) atoms. The van der Waals surface area contributed by atoms with E-state index < -0.39 is 12.7 Å². The van der Waals surface area contributed by atoms with Gasteiger partial charge in [0.25, 0.3) is 6.41 Å². The highest BCUT2D eigenvalue weighted by atomic mass is 19.4. The number of hydrogen-bond acceptors (Lipinski definition) is 5. The highest BCUT2D eigenvalue weighted by Crippen LogP contribution is 2.11. The molecule has 0 aliphatic carbocycles. The van der Waals surface area contributed by atoms with Crippen LogP contribution in [0.2, 0.25) is 0 Å². The van der Waals surface area contributed by atoms with Crippen LogP contribution in [-0.2, 0) is 19.6 Å². The second kappa shape index (κ2) is 5.27. The third kappa shape index (κ3) is 6.31. The van der Waals surface area contributed by atoms with E-state index in [9.17, 15) is 13.2 Å². The molecule has 5 nitrogen and oxygen atoms in total. The van der Waals surface area contributed by atoms with Gasteiger partial charge >= 0.3 is 6.30 Å². The molecule has 0 rings (SSSR count). The van der Waals surface area contributed by atoms with Crippen molar-refractivity contribution in [3.8, 4) is 0 Å². The fourth-order valence-corrected chi connectivity index (χ4v) is 0.373. The third-order valence-corrected chi connectivity index (χ3v) is 0.649. The molecule has 0 heterocycles. The number of hydrogen-bond donors (Lipinski definition) is 1. The van der Waals surface area contributed by atoms with E-state index in [1.165, 1.54) is 0 Å². The summed E-state index contributed by atoms with van der Waals surface area (Å²) < 4.78 is 34.7. The van der Waals surface area contributed by atoms with Gasteiger partial charge in [0.2, 0.25) is 0 Å². The molecular weight excluding hydrogens is 183 g/mol. The van der Waals surface area contributed by atoms with Gasteiger partial charge in [-0.05, 0) is 0 Å². The average molecular weight is 191 g/mol. The maximum Gasteiger partial charge on any atom is 0.461 e. The van der Waals surface area contributed by atoms with Crippen molar-refractivity contribution in [2.75, 3.05) is 14.2 Å². The SMILES string of the molecule is COOC(NC(F)(F)F)OOC. The van der Waals surface area contributed by atoms with Crippen molar-refractivity contribution in [2.45, 2.75) is 12.7 Å². The molecule has 0 saturated carbocycles. The molecule has 0 aliphatic rings. The monoisotopic (exact) mass is 191 g/mol. The fourth-order valence-electron chi connectivity index (χ4n) is 0.373. The molecule has 0 aromatic carbocycles. The van der Waals surface area contributed by atoms with E-state index in [0.717, 1.165) is 19.5 Å². The lowest BCUT2D eigenvalue weighted by Gasteiger charge is -2.16. The maximum atomic E-state index is 11.6. The summed E-state index contributed by atoms with van der Waals surface area (Å²) in [6, 6.07) is 0. The second-order valence-electron chi connectivity index (χ2n) is 1.50. The number of halogens is 3. The van der Waals surface area contributed by atoms with Crippen molar-refractivity contribution in [3.05, 3.63) is 0 Å². The zero-order valence-electron chi connectivity index (χ0n) is 6.34. The molecule has 0 radical (unpaired) electrons. The van der Waals surface area contributed by atoms with Crippen molar-refractivity contribution >= 4 is 0 Å². The Labute approximate surface area is 66.2 Å². The number of rotatable bonds is 5. The van der Waals surface area contributed by atoms with E-state index in [-0.39, 0.29) is 0 Å². The minimum Gasteiger partial charge on any atom is -0.236 e. The standard InChI is InChI=1S/C4H8F3NO4/c1-9-11-3(12-10-2)8-4(5,6)7/h3,8H,1-2H3. The van der Waals surface area contributed by atoms with Gasteiger partial charge in [0, 0.05) is 0 Å². The topological polar surface area (TPSA) is 49.0 Å². The highest BCUT2D eigenvalue weighted by molar-refractivity contribution is 4.43. The molecule has 0 saturated heterocycles. The second-order valence-corrected chi connectivity index (χ2v) is 1.50. The summed E-state index contributed by atoms with van der Waals surface area (Å²) >= 11 is 0. The van der Waals surface area contributed by atoms with Crippen LogP contribution >= 0.6 is 0 Å². The van der Waals surface area contributed by atoms with Gasteiger partial charge in [-0.25, -0.2) is 9.78 Å². The Morgan fingerprint density at radius 3 is 1.75 bits per heavy atom. The minimum absolute atomic E-state index is 0.964. The lowest BCUT2D eigenvalue weighted by Crippen LogP contribution is -2.43. The summed E-state index contributed by atoms with van der Waals surface area (Å²) in [7, 11) is 2.06. The number of nitrogens with one attached hydrogen (secondary N) is 1. The predicted octanol–water partition coefficient (Wildman–Crippen LogP) is 0.535. The largest absolute Gasteiger partial charge is 0.461 e. The van der Waals surface area contributed by atoms with Crippen molar-refractivity contribution in [1.29, 1.82) is 0 Å². The van der Waals surface area contributed by atoms with Gasteiger partial charge in [0.15, 0.2) is 0 Å². The molecule has 0 fully saturated rings. The first kappa shape index (κ1) is 11.6. The molecule has 8 heteroatoms. The third-order valence-electron chi connectivity index (χ3n) is 0.649. The summed E-state index contributed by atoms with van der Waals surface area (Å²) in [6.07, 6.45) is -6.48. The molecule has 74 valence electrons. The predicted molar refractivity (Wildman–Crippen MR) is 29.2 cm³/mol. The summed E-state index contributed by atoms with van der Waals surface area (Å²) in [4.78, 5) is 15.8. The van der Waals surface area contributed by atoms with Gasteiger partial charge in [-0.2, -0.15) is 28.3 Å². The Bertz CT molecular complexity index is 113. The van der Waals surface area contributed by atoms with Gasteiger partial charge in [0.05, 0.1) is 14.2 Å². The van der Waals surface area contributed by atoms with Crippen LogP contribution in [0.15, 0.2) is 0 Å². The van der Waals surface area contributed by atoms with E-state index >= 15 is 0 Å². The van der Waals surface area contributed by atoms with E-state index in [1.807, 2.05) is 0 Å². The average Bonchev–Trinajstić information content (AvgIpc) is 1.84. The van der Waals surface area contributed by atoms with Crippen LogP contribution in [0.25, 0.3) is 0 Å². The maximum absolute atomic E-state index is 11.6. The molecular formula is C4H8F3NO4. The molecule has 0 aromatic heterocycles. The highest BCUT2D eigenvalue weighted by Gasteiger charge is 2.33. The van der Waals surface area contributed by atoms with E-state index in [1.54, 1.807) is 0 Å². The Hall–Kier alpha value is -0.410. The van der Waals surface area contributed by atoms with Crippen LogP contribution in [0, 0.1) is 0 Å². The lowest BCUT2D eigenvalue weighted by atomic mass is 11.0. The van der Waals surface area contributed by atoms with Gasteiger partial charge in [-0.15, -0.1) is 0 Å². The Balaban J connectivity index is 3.77. The first-order valence-electron chi connectivity index (χ1n) is 2.73. The van der Waals surface area contributed by atoms with E-state index in [0.29, 0.717) is 0 Å². The summed E-state index contributed by atoms with van der Waals surface area (Å²) in [5.41, 5.74) is 0. The number of alkyl halides is 3. The van der Waals surface area contributed by atoms with Crippen LogP contribution in [0.5, 0.6) is 0 Å². The van der Waals surface area contributed by atoms with Crippen molar-refractivity contribution < 1.29 is 32.7 Å². The zero-order chi connectivity index (χ0) is 9.61. The van der Waals surface area contributed by atoms with E-state index in [2.05, 4.69) is 19.6 Å². The molecule has 0 spiro atoms. The van der Waals surface area contributed by atoms with Gasteiger partial charge < -0.3 is 0 Å². The molecule has 0 amide bonds. The van der Waals surface area contributed by atoms with Crippen molar-refractivity contribution in [1.82, 2.24) is 5.32 Å². The molecule has 0 aliphatic heterocycles. The Morgan fingerprint density at radius 2 is 1.50 bits per heavy atom. The summed E-state index contributed by atoms with van der Waals surface area (Å²) in [6.45, 7) is 0. The minimum atomic E-state index is -4.64. The fraction of sp³-hybridized carbons (Fsp3) is 1.00. The molecule has 1 N–H and O–H groups in total. The van der Waals surface area contributed by atoms with Crippen LogP contribution in [0.3, 0.4) is 0 Å².